The summed E-state index contributed by atoms with van der Waals surface area (Å²) in [5.41, 5.74) is 7.30. The van der Waals surface area contributed by atoms with Gasteiger partial charge in [-0.2, -0.15) is 0 Å². The highest BCUT2D eigenvalue weighted by Crippen LogP contribution is 2.36. The van der Waals surface area contributed by atoms with E-state index in [2.05, 4.69) is 125 Å². The van der Waals surface area contributed by atoms with Crippen LogP contribution in [0.1, 0.15) is 49.9 Å². The van der Waals surface area contributed by atoms with Gasteiger partial charge in [-0.3, -0.25) is 0 Å². The first-order chi connectivity index (χ1) is 19.3. The third kappa shape index (κ3) is 5.94. The highest BCUT2D eigenvalue weighted by atomic mass is 16.6. The second kappa shape index (κ2) is 10.8. The first-order valence-corrected chi connectivity index (χ1v) is 14.2. The Morgan fingerprint density at radius 2 is 0.775 bits per heavy atom. The molecule has 2 heterocycles. The SMILES string of the molecule is CC(C)(c1ccc(OCC2CO2)cc1)c1ccc(-c2ccc(C(C)(C)c3ccc(OCC4CO4)cc3)cc2)cc1. The number of hydrogen-bond donors (Lipinski definition) is 0. The average molecular weight is 535 g/mol. The second-order valence-corrected chi connectivity index (χ2v) is 12.0. The summed E-state index contributed by atoms with van der Waals surface area (Å²) in [6, 6.07) is 34.8. The molecular weight excluding hydrogens is 496 g/mol. The van der Waals surface area contributed by atoms with Crippen LogP contribution in [0.15, 0.2) is 97.1 Å². The van der Waals surface area contributed by atoms with Crippen LogP contribution in [0, 0.1) is 0 Å². The topological polar surface area (TPSA) is 43.5 Å². The van der Waals surface area contributed by atoms with Crippen molar-refractivity contribution in [1.29, 1.82) is 0 Å². The molecule has 0 amide bonds. The van der Waals surface area contributed by atoms with Crippen LogP contribution in [0.3, 0.4) is 0 Å². The zero-order valence-electron chi connectivity index (χ0n) is 23.9. The molecule has 4 aromatic rings. The Morgan fingerprint density at radius 1 is 0.500 bits per heavy atom. The number of benzene rings is 4. The van der Waals surface area contributed by atoms with E-state index in [0.717, 1.165) is 24.7 Å². The Kier molecular flexibility index (Phi) is 7.16. The molecule has 0 spiro atoms. The van der Waals surface area contributed by atoms with Gasteiger partial charge in [0.25, 0.3) is 0 Å². The van der Waals surface area contributed by atoms with Crippen molar-refractivity contribution >= 4 is 0 Å². The zero-order valence-corrected chi connectivity index (χ0v) is 23.9. The van der Waals surface area contributed by atoms with Crippen LogP contribution in [-0.2, 0) is 20.3 Å². The molecule has 2 aliphatic heterocycles. The lowest BCUT2D eigenvalue weighted by Gasteiger charge is -2.27. The molecule has 2 atom stereocenters. The molecular formula is C36H38O4. The maximum Gasteiger partial charge on any atom is 0.119 e. The fraction of sp³-hybridized carbons (Fsp3) is 0.333. The molecule has 6 rings (SSSR count). The van der Waals surface area contributed by atoms with Gasteiger partial charge in [0.1, 0.15) is 36.9 Å². The minimum atomic E-state index is -0.114. The number of epoxide rings is 2. The van der Waals surface area contributed by atoms with Gasteiger partial charge in [0.05, 0.1) is 13.2 Å². The summed E-state index contributed by atoms with van der Waals surface area (Å²) in [4.78, 5) is 0. The summed E-state index contributed by atoms with van der Waals surface area (Å²) in [6.07, 6.45) is 0.533. The molecule has 2 unspecified atom stereocenters. The summed E-state index contributed by atoms with van der Waals surface area (Å²) >= 11 is 0. The molecule has 4 aromatic carbocycles. The summed E-state index contributed by atoms with van der Waals surface area (Å²) in [7, 11) is 0. The predicted octanol–water partition coefficient (Wildman–Crippen LogP) is 7.56. The lowest BCUT2D eigenvalue weighted by atomic mass is 9.77. The molecule has 0 bridgehead atoms. The Morgan fingerprint density at radius 3 is 1.05 bits per heavy atom. The van der Waals surface area contributed by atoms with Gasteiger partial charge in [-0.25, -0.2) is 0 Å². The van der Waals surface area contributed by atoms with Gasteiger partial charge in [-0.05, 0) is 57.6 Å². The first-order valence-electron chi connectivity index (χ1n) is 14.2. The summed E-state index contributed by atoms with van der Waals surface area (Å²) in [5, 5.41) is 0. The van der Waals surface area contributed by atoms with Crippen molar-refractivity contribution in [3.05, 3.63) is 119 Å². The average Bonchev–Trinajstić information content (AvgIpc) is 3.92. The largest absolute Gasteiger partial charge is 0.491 e. The van der Waals surface area contributed by atoms with E-state index in [1.165, 1.54) is 33.4 Å². The van der Waals surface area contributed by atoms with E-state index in [0.29, 0.717) is 13.2 Å². The molecule has 40 heavy (non-hydrogen) atoms. The fourth-order valence-electron chi connectivity index (χ4n) is 5.13. The van der Waals surface area contributed by atoms with E-state index in [1.807, 2.05) is 0 Å². The second-order valence-electron chi connectivity index (χ2n) is 12.0. The molecule has 4 nitrogen and oxygen atoms in total. The van der Waals surface area contributed by atoms with Crippen LogP contribution < -0.4 is 9.47 Å². The number of hydrogen-bond acceptors (Lipinski definition) is 4. The third-order valence-corrected chi connectivity index (χ3v) is 8.38. The monoisotopic (exact) mass is 534 g/mol. The molecule has 0 saturated carbocycles. The van der Waals surface area contributed by atoms with E-state index in [1.54, 1.807) is 0 Å². The molecule has 0 radical (unpaired) electrons. The van der Waals surface area contributed by atoms with Crippen molar-refractivity contribution < 1.29 is 18.9 Å². The van der Waals surface area contributed by atoms with Crippen molar-refractivity contribution in [3.8, 4) is 22.6 Å². The van der Waals surface area contributed by atoms with Crippen LogP contribution in [0.4, 0.5) is 0 Å². The van der Waals surface area contributed by atoms with Crippen molar-refractivity contribution in [1.82, 2.24) is 0 Å². The lowest BCUT2D eigenvalue weighted by molar-refractivity contribution is 0.263. The van der Waals surface area contributed by atoms with Gasteiger partial charge in [0, 0.05) is 10.8 Å². The first kappa shape index (κ1) is 26.6. The Bertz CT molecular complexity index is 1300. The summed E-state index contributed by atoms with van der Waals surface area (Å²) < 4.78 is 22.1. The Balaban J connectivity index is 1.12. The van der Waals surface area contributed by atoms with Gasteiger partial charge in [-0.15, -0.1) is 0 Å². The van der Waals surface area contributed by atoms with E-state index in [4.69, 9.17) is 18.9 Å². The molecule has 0 aliphatic carbocycles. The molecule has 0 aromatic heterocycles. The normalized spacial score (nSPS) is 18.3. The minimum absolute atomic E-state index is 0.114. The fourth-order valence-corrected chi connectivity index (χ4v) is 5.13. The van der Waals surface area contributed by atoms with Crippen LogP contribution in [-0.4, -0.2) is 38.6 Å². The highest BCUT2D eigenvalue weighted by Gasteiger charge is 2.26. The maximum atomic E-state index is 5.81. The van der Waals surface area contributed by atoms with Crippen molar-refractivity contribution in [2.24, 2.45) is 0 Å². The number of rotatable bonds is 11. The molecule has 2 aliphatic rings. The smallest absolute Gasteiger partial charge is 0.119 e. The Hall–Kier alpha value is -3.60. The molecule has 0 N–H and O–H groups in total. The van der Waals surface area contributed by atoms with Crippen LogP contribution in [0.25, 0.3) is 11.1 Å². The van der Waals surface area contributed by atoms with Crippen LogP contribution >= 0.6 is 0 Å². The van der Waals surface area contributed by atoms with Crippen molar-refractivity contribution in [3.63, 3.8) is 0 Å². The van der Waals surface area contributed by atoms with E-state index in [9.17, 15) is 0 Å². The highest BCUT2D eigenvalue weighted by molar-refractivity contribution is 5.65. The lowest BCUT2D eigenvalue weighted by Crippen LogP contribution is -2.19. The quantitative estimate of drug-likeness (QED) is 0.186. The Labute approximate surface area is 237 Å². The van der Waals surface area contributed by atoms with Crippen LogP contribution in [0.2, 0.25) is 0 Å². The number of ether oxygens (including phenoxy) is 4. The molecule has 206 valence electrons. The standard InChI is InChI=1S/C36H38O4/c1-35(2,29-13-17-31(18-14-29)37-21-33-23-39-33)27-9-5-25(6-10-27)26-7-11-28(12-8-26)36(3,4)30-15-19-32(20-16-30)38-22-34-24-40-34/h5-20,33-34H,21-24H2,1-4H3. The van der Waals surface area contributed by atoms with E-state index < -0.39 is 0 Å². The maximum absolute atomic E-state index is 5.81. The van der Waals surface area contributed by atoms with Crippen molar-refractivity contribution in [2.75, 3.05) is 26.4 Å². The van der Waals surface area contributed by atoms with Gasteiger partial charge in [-0.1, -0.05) is 100 Å². The predicted molar refractivity (Wildman–Crippen MR) is 159 cm³/mol. The van der Waals surface area contributed by atoms with E-state index >= 15 is 0 Å². The summed E-state index contributed by atoms with van der Waals surface area (Å²) in [5.74, 6) is 1.78. The minimum Gasteiger partial charge on any atom is -0.491 e. The van der Waals surface area contributed by atoms with Crippen molar-refractivity contribution in [2.45, 2.75) is 50.7 Å². The van der Waals surface area contributed by atoms with Gasteiger partial charge >= 0.3 is 0 Å². The summed E-state index contributed by atoms with van der Waals surface area (Å²) in [6.45, 7) is 12.0. The third-order valence-electron chi connectivity index (χ3n) is 8.38. The van der Waals surface area contributed by atoms with Gasteiger partial charge in [0.15, 0.2) is 0 Å². The van der Waals surface area contributed by atoms with Gasteiger partial charge < -0.3 is 18.9 Å². The van der Waals surface area contributed by atoms with E-state index in [-0.39, 0.29) is 23.0 Å². The van der Waals surface area contributed by atoms with Crippen LogP contribution in [0.5, 0.6) is 11.5 Å². The molecule has 2 saturated heterocycles. The zero-order chi connectivity index (χ0) is 27.7. The molecule has 4 heteroatoms. The van der Waals surface area contributed by atoms with Gasteiger partial charge in [0.2, 0.25) is 0 Å². The molecule has 2 fully saturated rings.